The molecular formula is C12H25O4PS2. The molecule has 0 aliphatic carbocycles. The van der Waals surface area contributed by atoms with E-state index in [-0.39, 0.29) is 11.7 Å². The third kappa shape index (κ3) is 10.8. The van der Waals surface area contributed by atoms with Gasteiger partial charge in [0, 0.05) is 5.25 Å². The first kappa shape index (κ1) is 19.4. The SMILES string of the molecule is CC(C)COP(=S)(OCC(C)C)SC(C)CC(=O)O. The summed E-state index contributed by atoms with van der Waals surface area (Å²) in [5, 5.41) is 8.69. The van der Waals surface area contributed by atoms with Crippen LogP contribution in [-0.2, 0) is 25.6 Å². The Kier molecular flexibility index (Phi) is 9.54. The van der Waals surface area contributed by atoms with Crippen LogP contribution in [0.5, 0.6) is 0 Å². The summed E-state index contributed by atoms with van der Waals surface area (Å²) in [6.45, 7) is 11.1. The molecule has 0 amide bonds. The van der Waals surface area contributed by atoms with Crippen LogP contribution in [0.25, 0.3) is 0 Å². The highest BCUT2D eigenvalue weighted by molar-refractivity contribution is 8.68. The molecule has 1 N–H and O–H groups in total. The van der Waals surface area contributed by atoms with Gasteiger partial charge in [-0.3, -0.25) is 4.79 Å². The smallest absolute Gasteiger partial charge is 0.304 e. The molecule has 19 heavy (non-hydrogen) atoms. The lowest BCUT2D eigenvalue weighted by Gasteiger charge is -2.25. The van der Waals surface area contributed by atoms with Crippen LogP contribution in [-0.4, -0.2) is 29.5 Å². The first-order valence-electron chi connectivity index (χ1n) is 6.44. The second kappa shape index (κ2) is 9.35. The van der Waals surface area contributed by atoms with Crippen molar-refractivity contribution >= 4 is 34.9 Å². The molecule has 0 aromatic carbocycles. The lowest BCUT2D eigenvalue weighted by molar-refractivity contribution is -0.136. The third-order valence-electron chi connectivity index (χ3n) is 1.90. The molecule has 0 spiro atoms. The zero-order valence-electron chi connectivity index (χ0n) is 12.3. The monoisotopic (exact) mass is 328 g/mol. The van der Waals surface area contributed by atoms with Gasteiger partial charge in [-0.1, -0.05) is 46.0 Å². The van der Waals surface area contributed by atoms with Gasteiger partial charge in [-0.15, -0.1) is 0 Å². The van der Waals surface area contributed by atoms with E-state index < -0.39 is 11.7 Å². The first-order valence-corrected chi connectivity index (χ1v) is 10.6. The van der Waals surface area contributed by atoms with Crippen molar-refractivity contribution in [3.8, 4) is 0 Å². The maximum atomic E-state index is 10.7. The maximum Gasteiger partial charge on any atom is 0.304 e. The molecule has 0 saturated carbocycles. The average molecular weight is 328 g/mol. The molecule has 0 fully saturated rings. The van der Waals surface area contributed by atoms with Crippen molar-refractivity contribution in [3.05, 3.63) is 0 Å². The van der Waals surface area contributed by atoms with Crippen LogP contribution in [0.3, 0.4) is 0 Å². The van der Waals surface area contributed by atoms with E-state index in [1.54, 1.807) is 0 Å². The van der Waals surface area contributed by atoms with Crippen molar-refractivity contribution in [3.63, 3.8) is 0 Å². The highest BCUT2D eigenvalue weighted by Gasteiger charge is 2.25. The summed E-state index contributed by atoms with van der Waals surface area (Å²) in [7, 11) is 0. The molecule has 0 rings (SSSR count). The Morgan fingerprint density at radius 2 is 1.58 bits per heavy atom. The van der Waals surface area contributed by atoms with E-state index >= 15 is 0 Å². The molecule has 0 radical (unpaired) electrons. The quantitative estimate of drug-likeness (QED) is 0.608. The molecule has 0 aliphatic rings. The van der Waals surface area contributed by atoms with Crippen molar-refractivity contribution in [1.29, 1.82) is 0 Å². The van der Waals surface area contributed by atoms with E-state index in [0.29, 0.717) is 25.0 Å². The summed E-state index contributed by atoms with van der Waals surface area (Å²) < 4.78 is 11.5. The lowest BCUT2D eigenvalue weighted by Crippen LogP contribution is -2.09. The number of carbonyl (C=O) groups is 1. The maximum absolute atomic E-state index is 10.7. The van der Waals surface area contributed by atoms with Gasteiger partial charge in [-0.05, 0) is 23.6 Å². The molecule has 1 unspecified atom stereocenters. The minimum atomic E-state index is -2.45. The molecule has 7 heteroatoms. The minimum absolute atomic E-state index is 0.0686. The average Bonchev–Trinajstić information content (AvgIpc) is 2.22. The Labute approximate surface area is 125 Å². The third-order valence-corrected chi connectivity index (χ3v) is 7.51. The van der Waals surface area contributed by atoms with Gasteiger partial charge < -0.3 is 14.2 Å². The van der Waals surface area contributed by atoms with E-state index in [9.17, 15) is 4.79 Å². The van der Waals surface area contributed by atoms with E-state index in [4.69, 9.17) is 26.0 Å². The summed E-state index contributed by atoms with van der Waals surface area (Å²) in [6, 6.07) is 0. The normalized spacial score (nSPS) is 14.1. The highest BCUT2D eigenvalue weighted by atomic mass is 32.9. The molecule has 0 saturated heterocycles. The zero-order valence-corrected chi connectivity index (χ0v) is 14.8. The fourth-order valence-electron chi connectivity index (χ4n) is 1.08. The van der Waals surface area contributed by atoms with E-state index in [1.807, 2.05) is 34.6 Å². The van der Waals surface area contributed by atoms with Gasteiger partial charge in [0.1, 0.15) is 0 Å². The summed E-state index contributed by atoms with van der Waals surface area (Å²) >= 11 is 6.86. The van der Waals surface area contributed by atoms with Crippen LogP contribution in [0, 0.1) is 11.8 Å². The number of rotatable bonds is 10. The molecule has 0 heterocycles. The molecule has 0 aliphatic heterocycles. The molecule has 1 atom stereocenters. The van der Waals surface area contributed by atoms with Gasteiger partial charge in [0.15, 0.2) is 0 Å². The molecule has 114 valence electrons. The molecule has 0 aromatic rings. The molecule has 0 aromatic heterocycles. The summed E-state index contributed by atoms with van der Waals surface area (Å²) in [4.78, 5) is 10.7. The van der Waals surface area contributed by atoms with Crippen molar-refractivity contribution in [2.45, 2.75) is 46.3 Å². The summed E-state index contributed by atoms with van der Waals surface area (Å²) in [6.07, 6.45) is 0.0686. The zero-order chi connectivity index (χ0) is 15.1. The lowest BCUT2D eigenvalue weighted by atomic mass is 10.2. The largest absolute Gasteiger partial charge is 0.481 e. The number of carboxylic acid groups (broad SMARTS) is 1. The van der Waals surface area contributed by atoms with Crippen LogP contribution < -0.4 is 0 Å². The van der Waals surface area contributed by atoms with Gasteiger partial charge >= 0.3 is 5.97 Å². The fourth-order valence-corrected chi connectivity index (χ4v) is 6.86. The van der Waals surface area contributed by atoms with Crippen molar-refractivity contribution in [2.24, 2.45) is 11.8 Å². The Morgan fingerprint density at radius 1 is 1.16 bits per heavy atom. The van der Waals surface area contributed by atoms with Gasteiger partial charge in [0.25, 0.3) is 0 Å². The van der Waals surface area contributed by atoms with Crippen molar-refractivity contribution in [2.75, 3.05) is 13.2 Å². The van der Waals surface area contributed by atoms with Gasteiger partial charge in [0.05, 0.1) is 19.6 Å². The second-order valence-corrected chi connectivity index (χ2v) is 12.0. The van der Waals surface area contributed by atoms with Gasteiger partial charge in [-0.2, -0.15) is 0 Å². The summed E-state index contributed by atoms with van der Waals surface area (Å²) in [5.74, 6) is -0.0741. The minimum Gasteiger partial charge on any atom is -0.481 e. The van der Waals surface area contributed by atoms with Crippen LogP contribution in [0.1, 0.15) is 41.0 Å². The fraction of sp³-hybridized carbons (Fsp3) is 0.917. The predicted octanol–water partition coefficient (Wildman–Crippen LogP) is 4.15. The van der Waals surface area contributed by atoms with Crippen molar-refractivity contribution < 1.29 is 18.9 Å². The first-order chi connectivity index (χ1) is 8.64. The number of hydrogen-bond acceptors (Lipinski definition) is 5. The van der Waals surface area contributed by atoms with E-state index in [2.05, 4.69) is 0 Å². The Hall–Kier alpha value is 0.390. The van der Waals surface area contributed by atoms with Crippen LogP contribution >= 0.6 is 17.1 Å². The molecule has 4 nitrogen and oxygen atoms in total. The second-order valence-electron chi connectivity index (χ2n) is 5.34. The van der Waals surface area contributed by atoms with Gasteiger partial charge in [0.2, 0.25) is 5.69 Å². The van der Waals surface area contributed by atoms with Crippen molar-refractivity contribution in [1.82, 2.24) is 0 Å². The Morgan fingerprint density at radius 3 is 1.89 bits per heavy atom. The van der Waals surface area contributed by atoms with E-state index in [1.165, 1.54) is 11.4 Å². The van der Waals surface area contributed by atoms with Crippen LogP contribution in [0.15, 0.2) is 0 Å². The highest BCUT2D eigenvalue weighted by Crippen LogP contribution is 2.63. The van der Waals surface area contributed by atoms with Crippen LogP contribution in [0.4, 0.5) is 0 Å². The number of hydrogen-bond donors (Lipinski definition) is 1. The topological polar surface area (TPSA) is 55.8 Å². The standard InChI is InChI=1S/C12H25O4PS2/c1-9(2)7-15-17(18,16-8-10(3)4)19-11(5)6-12(13)14/h9-11H,6-8H2,1-5H3,(H,13,14). The Bertz CT molecular complexity index is 305. The van der Waals surface area contributed by atoms with Crippen LogP contribution in [0.2, 0.25) is 0 Å². The predicted molar refractivity (Wildman–Crippen MR) is 85.2 cm³/mol. The van der Waals surface area contributed by atoms with Gasteiger partial charge in [-0.25, -0.2) is 0 Å². The Balaban J connectivity index is 4.55. The summed E-state index contributed by atoms with van der Waals surface area (Å²) in [5.41, 5.74) is -2.45. The molecular weight excluding hydrogens is 303 g/mol. The number of aliphatic carboxylic acids is 1. The number of carboxylic acids is 1. The van der Waals surface area contributed by atoms with E-state index in [0.717, 1.165) is 0 Å². The molecule has 0 bridgehead atoms.